The second kappa shape index (κ2) is 10.0. The Kier molecular flexibility index (Phi) is 5.77. The molecule has 6 aromatic carbocycles. The molecule has 5 heteroatoms. The largest absolute Gasteiger partial charge is 0.327 e. The molecule has 0 aliphatic rings. The molecule has 0 atom stereocenters. The van der Waals surface area contributed by atoms with Gasteiger partial charge in [-0.1, -0.05) is 97.1 Å². The molecule has 0 bridgehead atoms. The number of rotatable bonds is 4. The lowest BCUT2D eigenvalue weighted by Crippen LogP contribution is -1.92. The Morgan fingerprint density at radius 3 is 1.22 bits per heavy atom. The van der Waals surface area contributed by atoms with E-state index in [4.69, 9.17) is 9.97 Å². The van der Waals surface area contributed by atoms with Crippen LogP contribution in [0.5, 0.6) is 0 Å². The van der Waals surface area contributed by atoms with E-state index in [2.05, 4.69) is 145 Å². The maximum atomic E-state index is 4.87. The van der Waals surface area contributed by atoms with E-state index in [0.29, 0.717) is 0 Å². The van der Waals surface area contributed by atoms with Crippen LogP contribution in [0.25, 0.3) is 87.3 Å². The lowest BCUT2D eigenvalue weighted by molar-refractivity contribution is 0.959. The lowest BCUT2D eigenvalue weighted by atomic mass is 10.0. The molecular weight excluding hydrogens is 569 g/mol. The van der Waals surface area contributed by atoms with Gasteiger partial charge in [-0.15, -0.1) is 11.3 Å². The monoisotopic (exact) mass is 596 g/mol. The summed E-state index contributed by atoms with van der Waals surface area (Å²) in [7, 11) is 4.16. The summed E-state index contributed by atoms with van der Waals surface area (Å²) in [6, 6.07) is 47.8. The number of para-hydroxylation sites is 4. The molecule has 214 valence electrons. The number of nitrogens with zero attached hydrogens (tertiary/aromatic N) is 4. The van der Waals surface area contributed by atoms with E-state index in [0.717, 1.165) is 44.8 Å². The van der Waals surface area contributed by atoms with Crippen molar-refractivity contribution in [3.8, 4) is 45.0 Å². The highest BCUT2D eigenvalue weighted by molar-refractivity contribution is 7.25. The van der Waals surface area contributed by atoms with Crippen LogP contribution in [0.15, 0.2) is 133 Å². The molecular formula is C40H28N4S. The molecule has 9 rings (SSSR count). The van der Waals surface area contributed by atoms with Crippen molar-refractivity contribution in [3.63, 3.8) is 0 Å². The zero-order chi connectivity index (χ0) is 30.1. The summed E-state index contributed by atoms with van der Waals surface area (Å²) in [5, 5.41) is 2.61. The molecule has 3 heterocycles. The summed E-state index contributed by atoms with van der Waals surface area (Å²) in [6.45, 7) is 0. The topological polar surface area (TPSA) is 35.6 Å². The first-order chi connectivity index (χ1) is 22.1. The molecule has 4 nitrogen and oxygen atoms in total. The van der Waals surface area contributed by atoms with Gasteiger partial charge in [0.15, 0.2) is 0 Å². The van der Waals surface area contributed by atoms with Crippen molar-refractivity contribution in [2.45, 2.75) is 0 Å². The summed E-state index contributed by atoms with van der Waals surface area (Å²) in [6.07, 6.45) is 0. The number of hydrogen-bond acceptors (Lipinski definition) is 3. The highest BCUT2D eigenvalue weighted by Gasteiger charge is 2.13. The van der Waals surface area contributed by atoms with Crippen LogP contribution in [-0.2, 0) is 14.1 Å². The Morgan fingerprint density at radius 2 is 0.800 bits per heavy atom. The molecule has 3 aromatic heterocycles. The molecule has 0 saturated carbocycles. The third kappa shape index (κ3) is 4.20. The number of aromatic nitrogens is 4. The van der Waals surface area contributed by atoms with E-state index in [1.807, 2.05) is 23.5 Å². The molecule has 0 radical (unpaired) electrons. The van der Waals surface area contributed by atoms with Crippen molar-refractivity contribution >= 4 is 53.6 Å². The molecule has 0 aliphatic heterocycles. The summed E-state index contributed by atoms with van der Waals surface area (Å²) in [4.78, 5) is 9.74. The van der Waals surface area contributed by atoms with Crippen LogP contribution in [0.2, 0.25) is 0 Å². The fourth-order valence-electron chi connectivity index (χ4n) is 6.57. The Bertz CT molecular complexity index is 2370. The van der Waals surface area contributed by atoms with Crippen molar-refractivity contribution < 1.29 is 0 Å². The van der Waals surface area contributed by atoms with Crippen molar-refractivity contribution in [2.24, 2.45) is 14.1 Å². The minimum Gasteiger partial charge on any atom is -0.327 e. The smallest absolute Gasteiger partial charge is 0.140 e. The molecule has 45 heavy (non-hydrogen) atoms. The fraction of sp³-hybridized carbons (Fsp3) is 0.0500. The Labute approximate surface area is 264 Å². The van der Waals surface area contributed by atoms with Crippen molar-refractivity contribution in [3.05, 3.63) is 133 Å². The van der Waals surface area contributed by atoms with Crippen molar-refractivity contribution in [1.29, 1.82) is 0 Å². The molecule has 0 aliphatic carbocycles. The number of aryl methyl sites for hydroxylation is 2. The van der Waals surface area contributed by atoms with E-state index in [1.165, 1.54) is 42.4 Å². The molecule has 0 unspecified atom stereocenters. The Morgan fingerprint density at radius 1 is 0.422 bits per heavy atom. The second-order valence-corrected chi connectivity index (χ2v) is 12.7. The zero-order valence-corrected chi connectivity index (χ0v) is 25.7. The number of thiophene rings is 1. The third-order valence-corrected chi connectivity index (χ3v) is 10.1. The number of benzene rings is 6. The van der Waals surface area contributed by atoms with Crippen LogP contribution < -0.4 is 0 Å². The van der Waals surface area contributed by atoms with Crippen molar-refractivity contribution in [1.82, 2.24) is 19.1 Å². The molecule has 9 aromatic rings. The van der Waals surface area contributed by atoms with Gasteiger partial charge in [0.2, 0.25) is 0 Å². The third-order valence-electron chi connectivity index (χ3n) is 9.00. The normalized spacial score (nSPS) is 11.8. The van der Waals surface area contributed by atoms with Gasteiger partial charge in [0.05, 0.1) is 22.1 Å². The van der Waals surface area contributed by atoms with E-state index >= 15 is 0 Å². The zero-order valence-electron chi connectivity index (χ0n) is 24.9. The van der Waals surface area contributed by atoms with E-state index in [1.54, 1.807) is 0 Å². The minimum absolute atomic E-state index is 0.985. The van der Waals surface area contributed by atoms with Gasteiger partial charge >= 0.3 is 0 Å². The molecule has 0 N–H and O–H groups in total. The summed E-state index contributed by atoms with van der Waals surface area (Å²) >= 11 is 1.86. The highest BCUT2D eigenvalue weighted by atomic mass is 32.1. The average molecular weight is 597 g/mol. The summed E-state index contributed by atoms with van der Waals surface area (Å²) < 4.78 is 6.93. The SMILES string of the molecule is Cn1c(-c2ccc(-c3ccc4c(c3)sc3cc(-c5ccc(-c6nc7ccccc7n6C)cc5)ccc34)cc2)nc2ccccc21. The number of hydrogen-bond donors (Lipinski definition) is 0. The first-order valence-corrected chi connectivity index (χ1v) is 15.9. The van der Waals surface area contributed by atoms with Crippen LogP contribution in [0.1, 0.15) is 0 Å². The quantitative estimate of drug-likeness (QED) is 0.203. The predicted molar refractivity (Wildman–Crippen MR) is 190 cm³/mol. The first kappa shape index (κ1) is 25.9. The summed E-state index contributed by atoms with van der Waals surface area (Å²) in [5.74, 6) is 1.97. The van der Waals surface area contributed by atoms with Crippen LogP contribution >= 0.6 is 11.3 Å². The maximum Gasteiger partial charge on any atom is 0.140 e. The Hall–Kier alpha value is -5.52. The summed E-state index contributed by atoms with van der Waals surface area (Å²) in [5.41, 5.74) is 11.4. The van der Waals surface area contributed by atoms with Gasteiger partial charge in [-0.3, -0.25) is 0 Å². The standard InChI is InChI=1S/C40H28N4S/c1-43-35-9-5-3-7-33(35)41-39(43)27-15-11-25(12-16-27)29-19-21-31-32-22-20-30(24-38(32)45-37(31)23-29)26-13-17-28(18-14-26)40-42-34-8-4-6-10-36(34)44(40)2/h3-24H,1-2H3. The van der Waals surface area contributed by atoms with Gasteiger partial charge in [-0.2, -0.15) is 0 Å². The first-order valence-electron chi connectivity index (χ1n) is 15.1. The highest BCUT2D eigenvalue weighted by Crippen LogP contribution is 2.39. The lowest BCUT2D eigenvalue weighted by Gasteiger charge is -2.06. The Balaban J connectivity index is 1.02. The number of fused-ring (bicyclic) bond motifs is 5. The van der Waals surface area contributed by atoms with Crippen LogP contribution in [-0.4, -0.2) is 19.1 Å². The average Bonchev–Trinajstić information content (AvgIpc) is 3.75. The number of imidazole rings is 2. The molecule has 0 saturated heterocycles. The predicted octanol–water partition coefficient (Wildman–Crippen LogP) is 10.5. The molecule has 0 amide bonds. The maximum absolute atomic E-state index is 4.87. The molecule has 0 spiro atoms. The van der Waals surface area contributed by atoms with Gasteiger partial charge in [0, 0.05) is 45.4 Å². The van der Waals surface area contributed by atoms with E-state index in [9.17, 15) is 0 Å². The fourth-order valence-corrected chi connectivity index (χ4v) is 7.75. The van der Waals surface area contributed by atoms with Gasteiger partial charge in [-0.05, 0) is 58.7 Å². The second-order valence-electron chi connectivity index (χ2n) is 11.6. The van der Waals surface area contributed by atoms with Crippen LogP contribution in [0, 0.1) is 0 Å². The van der Waals surface area contributed by atoms with E-state index < -0.39 is 0 Å². The van der Waals surface area contributed by atoms with Crippen LogP contribution in [0.3, 0.4) is 0 Å². The van der Waals surface area contributed by atoms with Gasteiger partial charge in [0.1, 0.15) is 11.6 Å². The van der Waals surface area contributed by atoms with Crippen molar-refractivity contribution in [2.75, 3.05) is 0 Å². The molecule has 0 fully saturated rings. The van der Waals surface area contributed by atoms with Gasteiger partial charge < -0.3 is 9.13 Å². The van der Waals surface area contributed by atoms with E-state index in [-0.39, 0.29) is 0 Å². The van der Waals surface area contributed by atoms with Gasteiger partial charge in [0.25, 0.3) is 0 Å². The van der Waals surface area contributed by atoms with Crippen LogP contribution in [0.4, 0.5) is 0 Å². The minimum atomic E-state index is 0.985. The van der Waals surface area contributed by atoms with Gasteiger partial charge in [-0.25, -0.2) is 9.97 Å².